The van der Waals surface area contributed by atoms with Crippen molar-refractivity contribution in [1.29, 1.82) is 0 Å². The van der Waals surface area contributed by atoms with Gasteiger partial charge in [-0.25, -0.2) is 28.3 Å². The molecule has 0 bridgehead atoms. The van der Waals surface area contributed by atoms with Crippen molar-refractivity contribution in [3.63, 3.8) is 0 Å². The number of rotatable bonds is 4. The van der Waals surface area contributed by atoms with Gasteiger partial charge in [0.2, 0.25) is 11.9 Å². The smallest absolute Gasteiger partial charge is 0.344 e. The summed E-state index contributed by atoms with van der Waals surface area (Å²) in [6.07, 6.45) is 0.742. The summed E-state index contributed by atoms with van der Waals surface area (Å²) >= 11 is 0. The first-order valence-electron chi connectivity index (χ1n) is 10.3. The molecule has 11 heteroatoms. The van der Waals surface area contributed by atoms with Crippen molar-refractivity contribution in [2.24, 2.45) is 10.9 Å². The molecule has 3 heterocycles. The highest BCUT2D eigenvalue weighted by Gasteiger charge is 2.42. The summed E-state index contributed by atoms with van der Waals surface area (Å²) in [7, 11) is 0. The maximum Gasteiger partial charge on any atom is 0.405 e. The number of aliphatic imine (C=N–C) groups is 1. The van der Waals surface area contributed by atoms with Crippen LogP contribution in [0.4, 0.5) is 33.7 Å². The van der Waals surface area contributed by atoms with Gasteiger partial charge in [-0.3, -0.25) is 0 Å². The quantitative estimate of drug-likeness (QED) is 0.364. The monoisotopic (exact) mass is 468 g/mol. The van der Waals surface area contributed by atoms with Crippen LogP contribution in [0.25, 0.3) is 16.6 Å². The van der Waals surface area contributed by atoms with E-state index in [0.717, 1.165) is 22.4 Å². The Morgan fingerprint density at radius 2 is 1.91 bits per heavy atom. The molecule has 6 nitrogen and oxygen atoms in total. The predicted octanol–water partition coefficient (Wildman–Crippen LogP) is 6.24. The molecule has 0 aliphatic heterocycles. The van der Waals surface area contributed by atoms with Crippen molar-refractivity contribution < 1.29 is 22.0 Å². The summed E-state index contributed by atoms with van der Waals surface area (Å²) in [4.78, 5) is 12.7. The second-order valence-electron chi connectivity index (χ2n) is 8.40. The van der Waals surface area contributed by atoms with Gasteiger partial charge in [0.25, 0.3) is 0 Å². The van der Waals surface area contributed by atoms with Gasteiger partial charge in [0.1, 0.15) is 6.54 Å². The van der Waals surface area contributed by atoms with E-state index in [4.69, 9.17) is 0 Å². The Kier molecular flexibility index (Phi) is 6.99. The number of aryl methyl sites for hydroxylation is 1. The summed E-state index contributed by atoms with van der Waals surface area (Å²) in [6.45, 7) is 6.38. The van der Waals surface area contributed by atoms with E-state index in [-0.39, 0.29) is 24.7 Å². The van der Waals surface area contributed by atoms with E-state index < -0.39 is 18.6 Å². The largest absolute Gasteiger partial charge is 0.405 e. The zero-order valence-corrected chi connectivity index (χ0v) is 18.7. The minimum absolute atomic E-state index is 0.0885. The first-order valence-corrected chi connectivity index (χ1v) is 10.3. The van der Waals surface area contributed by atoms with Crippen LogP contribution >= 0.6 is 0 Å². The Bertz CT molecular complexity index is 1140. The molecule has 1 N–H and O–H groups in total. The van der Waals surface area contributed by atoms with Gasteiger partial charge in [0.05, 0.1) is 11.7 Å². The summed E-state index contributed by atoms with van der Waals surface area (Å²) in [5.74, 6) is -1.48. The molecule has 0 amide bonds. The second-order valence-corrected chi connectivity index (χ2v) is 8.40. The maximum absolute atomic E-state index is 12.3. The lowest BCUT2D eigenvalue weighted by molar-refractivity contribution is -0.115. The highest BCUT2D eigenvalue weighted by molar-refractivity contribution is 5.83. The van der Waals surface area contributed by atoms with Crippen LogP contribution in [0.2, 0.25) is 0 Å². The minimum Gasteiger partial charge on any atom is -0.344 e. The Balaban J connectivity index is 0.000000374. The van der Waals surface area contributed by atoms with E-state index in [0.29, 0.717) is 11.3 Å². The van der Waals surface area contributed by atoms with Gasteiger partial charge in [-0.2, -0.15) is 13.2 Å². The number of nitrogens with one attached hydrogen (secondary N) is 1. The van der Waals surface area contributed by atoms with Crippen molar-refractivity contribution in [3.8, 4) is 11.1 Å². The Morgan fingerprint density at radius 3 is 2.42 bits per heavy atom. The van der Waals surface area contributed by atoms with E-state index in [9.17, 15) is 22.0 Å². The number of halogens is 5. The highest BCUT2D eigenvalue weighted by atomic mass is 19.4. The number of pyridine rings is 1. The number of hydrogen-bond donors (Lipinski definition) is 1. The second kappa shape index (κ2) is 9.40. The normalized spacial score (nSPS) is 15.4. The fraction of sp³-hybridized carbons (Fsp3) is 0.455. The number of alkyl halides is 5. The third-order valence-corrected chi connectivity index (χ3v) is 4.85. The average molecular weight is 468 g/mol. The molecule has 4 rings (SSSR count). The number of hydrogen-bond acceptors (Lipinski definition) is 5. The molecule has 0 spiro atoms. The fourth-order valence-electron chi connectivity index (χ4n) is 3.41. The number of anilines is 1. The van der Waals surface area contributed by atoms with E-state index in [1.807, 2.05) is 39.8 Å². The number of nitrogens with zero attached hydrogens (tertiary/aromatic N) is 5. The van der Waals surface area contributed by atoms with Crippen LogP contribution in [0.5, 0.6) is 0 Å². The molecule has 0 aromatic carbocycles. The van der Waals surface area contributed by atoms with Gasteiger partial charge in [-0.1, -0.05) is 6.92 Å². The molecule has 3 aromatic rings. The van der Waals surface area contributed by atoms with Crippen molar-refractivity contribution in [2.45, 2.75) is 52.6 Å². The molecule has 3 aromatic heterocycles. The summed E-state index contributed by atoms with van der Waals surface area (Å²) in [6, 6.07) is 3.78. The van der Waals surface area contributed by atoms with Crippen LogP contribution in [0.15, 0.2) is 35.7 Å². The number of aromatic nitrogens is 4. The van der Waals surface area contributed by atoms with Crippen LogP contribution in [0.3, 0.4) is 0 Å². The average Bonchev–Trinajstić information content (AvgIpc) is 3.09. The van der Waals surface area contributed by atoms with Crippen molar-refractivity contribution in [3.05, 3.63) is 36.3 Å². The van der Waals surface area contributed by atoms with Gasteiger partial charge >= 0.3 is 6.18 Å². The molecule has 1 fully saturated rings. The molecule has 0 radical (unpaired) electrons. The van der Waals surface area contributed by atoms with E-state index >= 15 is 0 Å². The lowest BCUT2D eigenvalue weighted by atomic mass is 9.83. The first kappa shape index (κ1) is 24.5. The Morgan fingerprint density at radius 1 is 1.21 bits per heavy atom. The van der Waals surface area contributed by atoms with Crippen LogP contribution < -0.4 is 5.32 Å². The standard InChI is InChI=1S/C17H17F3N6.C5H8F2/c1-10(2)24-15-11(3)6-12(7-21-15)13-4-5-26-14(13)8-22-16(25-26)23-9-17(18,19)20;1-4-2-5(6,7)3-4/h4-8H,9H2,1-3H3,(H,23,25);4H,2-3H2,1H3. The van der Waals surface area contributed by atoms with Crippen LogP contribution in [0.1, 0.15) is 39.2 Å². The van der Waals surface area contributed by atoms with Crippen LogP contribution in [-0.2, 0) is 0 Å². The molecule has 0 atom stereocenters. The van der Waals surface area contributed by atoms with Crippen molar-refractivity contribution in [1.82, 2.24) is 19.6 Å². The highest BCUT2D eigenvalue weighted by Crippen LogP contribution is 2.41. The van der Waals surface area contributed by atoms with Crippen molar-refractivity contribution in [2.75, 3.05) is 11.9 Å². The topological polar surface area (TPSA) is 67.5 Å². The third kappa shape index (κ3) is 6.69. The SMILES string of the molecule is CC(C)=Nc1ncc(-c2ccn3nc(NCC(F)(F)F)ncc23)cc1C.CC1CC(F)(F)C1. The first-order chi connectivity index (χ1) is 15.3. The van der Waals surface area contributed by atoms with Crippen molar-refractivity contribution >= 4 is 23.0 Å². The molecule has 1 aliphatic carbocycles. The third-order valence-electron chi connectivity index (χ3n) is 4.85. The van der Waals surface area contributed by atoms with Gasteiger partial charge in [-0.05, 0) is 44.4 Å². The van der Waals surface area contributed by atoms with E-state index in [1.165, 1.54) is 10.7 Å². The molecule has 1 saturated carbocycles. The lowest BCUT2D eigenvalue weighted by Crippen LogP contribution is -2.33. The summed E-state index contributed by atoms with van der Waals surface area (Å²) in [5, 5.41) is 6.22. The van der Waals surface area contributed by atoms with Crippen LogP contribution in [-0.4, -0.2) is 43.9 Å². The van der Waals surface area contributed by atoms with E-state index in [2.05, 4.69) is 25.4 Å². The Hall–Kier alpha value is -3.11. The maximum atomic E-state index is 12.3. The molecule has 178 valence electrons. The summed E-state index contributed by atoms with van der Waals surface area (Å²) < 4.78 is 61.9. The van der Waals surface area contributed by atoms with Crippen LogP contribution in [0, 0.1) is 12.8 Å². The van der Waals surface area contributed by atoms with Gasteiger partial charge in [0, 0.05) is 42.1 Å². The lowest BCUT2D eigenvalue weighted by Gasteiger charge is -2.31. The predicted molar refractivity (Wildman–Crippen MR) is 117 cm³/mol. The summed E-state index contributed by atoms with van der Waals surface area (Å²) in [5.41, 5.74) is 4.21. The molecule has 0 unspecified atom stereocenters. The molecular weight excluding hydrogens is 443 g/mol. The van der Waals surface area contributed by atoms with Gasteiger partial charge < -0.3 is 5.32 Å². The molecule has 33 heavy (non-hydrogen) atoms. The number of fused-ring (bicyclic) bond motifs is 1. The zero-order valence-electron chi connectivity index (χ0n) is 18.7. The van der Waals surface area contributed by atoms with Gasteiger partial charge in [-0.15, -0.1) is 5.10 Å². The molecular formula is C22H25F5N6. The minimum atomic E-state index is -4.33. The van der Waals surface area contributed by atoms with E-state index in [1.54, 1.807) is 12.4 Å². The Labute approximate surface area is 188 Å². The fourth-order valence-corrected chi connectivity index (χ4v) is 3.41. The molecule has 1 aliphatic rings. The van der Waals surface area contributed by atoms with Gasteiger partial charge in [0.15, 0.2) is 5.82 Å². The molecule has 0 saturated heterocycles. The zero-order chi connectivity index (χ0) is 24.4.